The third kappa shape index (κ3) is 4.40. The topological polar surface area (TPSA) is 175 Å². The Hall–Kier alpha value is -2.03. The van der Waals surface area contributed by atoms with E-state index in [1.54, 1.807) is 16.3 Å². The van der Waals surface area contributed by atoms with E-state index in [4.69, 9.17) is 20.9 Å². The fraction of sp³-hybridized carbons (Fsp3) is 0.684. The number of carbonyl (C=O) groups is 1. The first-order valence-electron chi connectivity index (χ1n) is 10.5. The first-order valence-corrected chi connectivity index (χ1v) is 11.6. The zero-order valence-electron chi connectivity index (χ0n) is 17.8. The van der Waals surface area contributed by atoms with Gasteiger partial charge in [-0.3, -0.25) is 14.3 Å². The van der Waals surface area contributed by atoms with Gasteiger partial charge in [-0.05, 0) is 12.8 Å². The average molecular weight is 468 g/mol. The van der Waals surface area contributed by atoms with E-state index in [0.29, 0.717) is 36.4 Å². The van der Waals surface area contributed by atoms with Crippen molar-refractivity contribution >= 4 is 34.7 Å². The van der Waals surface area contributed by atoms with E-state index in [-0.39, 0.29) is 23.1 Å². The minimum Gasteiger partial charge on any atom is -0.468 e. The van der Waals surface area contributed by atoms with Crippen molar-refractivity contribution in [3.8, 4) is 0 Å². The fourth-order valence-corrected chi connectivity index (χ4v) is 5.66. The summed E-state index contributed by atoms with van der Waals surface area (Å²) >= 11 is 1.63. The molecule has 176 valence electrons. The second-order valence-electron chi connectivity index (χ2n) is 7.97. The molecule has 0 saturated carbocycles. The van der Waals surface area contributed by atoms with Gasteiger partial charge in [0.25, 0.3) is 0 Å². The number of hydrogen-bond acceptors (Lipinski definition) is 12. The van der Waals surface area contributed by atoms with Crippen LogP contribution in [0.5, 0.6) is 0 Å². The second-order valence-corrected chi connectivity index (χ2v) is 9.31. The standard InChI is InChI=1S/C19H29N7O5S/c1-30-19(29)11-6-10(2-4-25(11)5-3-20)32-7-12-14(27)15(28)18(31-12)26-9-24-13-16(21)22-8-23-17(13)26/h8-12,14-15,18,27-28H,2-7,20H2,1H3,(H2,21,22,23)/t10-,11-,12-,14-,15-,18-/m1/s1. The van der Waals surface area contributed by atoms with Crippen molar-refractivity contribution in [3.05, 3.63) is 12.7 Å². The lowest BCUT2D eigenvalue weighted by Gasteiger charge is -2.37. The first-order chi connectivity index (χ1) is 15.4. The van der Waals surface area contributed by atoms with Gasteiger partial charge in [-0.15, -0.1) is 0 Å². The number of rotatable bonds is 7. The number of aliphatic hydroxyl groups is 2. The SMILES string of the molecule is COC(=O)[C@H]1C[C@H](SC[C@H]2O[C@@H](n3cnc4c(N)ncnc43)[C@H](O)[C@@H]2O)CCN1CCN. The Morgan fingerprint density at radius 2 is 2.16 bits per heavy atom. The Balaban J connectivity index is 1.40. The van der Waals surface area contributed by atoms with E-state index >= 15 is 0 Å². The van der Waals surface area contributed by atoms with Crippen LogP contribution >= 0.6 is 11.8 Å². The number of ether oxygens (including phenoxy) is 2. The van der Waals surface area contributed by atoms with Crippen LogP contribution in [-0.4, -0.2) is 103 Å². The molecule has 2 aromatic rings. The van der Waals surface area contributed by atoms with Gasteiger partial charge in [0.1, 0.15) is 30.1 Å². The Labute approximate surface area is 189 Å². The Morgan fingerprint density at radius 1 is 1.34 bits per heavy atom. The number of nitrogens with two attached hydrogens (primary N) is 2. The number of methoxy groups -OCH3 is 1. The Morgan fingerprint density at radius 3 is 2.91 bits per heavy atom. The van der Waals surface area contributed by atoms with E-state index in [2.05, 4.69) is 19.9 Å². The molecule has 2 aliphatic heterocycles. The van der Waals surface area contributed by atoms with Crippen molar-refractivity contribution in [2.75, 3.05) is 38.2 Å². The van der Waals surface area contributed by atoms with Crippen LogP contribution < -0.4 is 11.5 Å². The Kier molecular flexibility index (Phi) is 7.12. The quantitative estimate of drug-likeness (QED) is 0.356. The number of aliphatic hydroxyl groups excluding tert-OH is 2. The number of imidazole rings is 1. The number of esters is 1. The zero-order chi connectivity index (χ0) is 22.8. The molecular formula is C19H29N7O5S. The number of fused-ring (bicyclic) bond motifs is 1. The summed E-state index contributed by atoms with van der Waals surface area (Å²) < 4.78 is 12.5. The highest BCUT2D eigenvalue weighted by Gasteiger charge is 2.45. The predicted molar refractivity (Wildman–Crippen MR) is 118 cm³/mol. The minimum absolute atomic E-state index is 0.196. The molecule has 2 fully saturated rings. The lowest BCUT2D eigenvalue weighted by molar-refractivity contribution is -0.148. The summed E-state index contributed by atoms with van der Waals surface area (Å²) in [5.41, 5.74) is 12.3. The molecule has 6 N–H and O–H groups in total. The summed E-state index contributed by atoms with van der Waals surface area (Å²) in [5.74, 6) is 0.438. The smallest absolute Gasteiger partial charge is 0.323 e. The maximum atomic E-state index is 12.2. The molecule has 4 rings (SSSR count). The van der Waals surface area contributed by atoms with Crippen LogP contribution in [0, 0.1) is 0 Å². The molecular weight excluding hydrogens is 438 g/mol. The van der Waals surface area contributed by atoms with E-state index in [1.807, 2.05) is 0 Å². The number of hydrogen-bond donors (Lipinski definition) is 4. The normalized spacial score (nSPS) is 31.2. The number of nitrogen functional groups attached to an aromatic ring is 1. The molecule has 0 radical (unpaired) electrons. The van der Waals surface area contributed by atoms with Crippen LogP contribution in [0.3, 0.4) is 0 Å². The summed E-state index contributed by atoms with van der Waals surface area (Å²) in [5, 5.41) is 21.4. The molecule has 0 unspecified atom stereocenters. The predicted octanol–water partition coefficient (Wildman–Crippen LogP) is -1.27. The van der Waals surface area contributed by atoms with Crippen molar-refractivity contribution < 1.29 is 24.5 Å². The van der Waals surface area contributed by atoms with E-state index in [9.17, 15) is 15.0 Å². The van der Waals surface area contributed by atoms with Gasteiger partial charge >= 0.3 is 5.97 Å². The lowest BCUT2D eigenvalue weighted by Crippen LogP contribution is -2.50. The molecule has 0 spiro atoms. The number of likely N-dealkylation sites (tertiary alicyclic amines) is 1. The van der Waals surface area contributed by atoms with Gasteiger partial charge in [0.05, 0.1) is 19.5 Å². The third-order valence-corrected chi connectivity index (χ3v) is 7.47. The highest BCUT2D eigenvalue weighted by molar-refractivity contribution is 7.99. The highest BCUT2D eigenvalue weighted by Crippen LogP contribution is 2.36. The van der Waals surface area contributed by atoms with Gasteiger partial charge in [-0.2, -0.15) is 11.8 Å². The van der Waals surface area contributed by atoms with E-state index < -0.39 is 24.5 Å². The lowest BCUT2D eigenvalue weighted by atomic mass is 10.0. The van der Waals surface area contributed by atoms with Gasteiger partial charge in [-0.1, -0.05) is 0 Å². The maximum absolute atomic E-state index is 12.2. The molecule has 0 amide bonds. The average Bonchev–Trinajstić information content (AvgIpc) is 3.35. The van der Waals surface area contributed by atoms with Crippen molar-refractivity contribution in [1.82, 2.24) is 24.4 Å². The molecule has 2 aliphatic rings. The van der Waals surface area contributed by atoms with Crippen LogP contribution in [0.4, 0.5) is 5.82 Å². The molecule has 6 atom stereocenters. The van der Waals surface area contributed by atoms with Crippen LogP contribution in [0.15, 0.2) is 12.7 Å². The number of piperidine rings is 1. The third-order valence-electron chi connectivity index (χ3n) is 6.05. The first kappa shape index (κ1) is 23.1. The second kappa shape index (κ2) is 9.85. The zero-order valence-corrected chi connectivity index (χ0v) is 18.6. The fourth-order valence-electron chi connectivity index (χ4n) is 4.33. The molecule has 32 heavy (non-hydrogen) atoms. The molecule has 2 aromatic heterocycles. The van der Waals surface area contributed by atoms with Gasteiger partial charge in [0, 0.05) is 30.6 Å². The van der Waals surface area contributed by atoms with Gasteiger partial charge in [-0.25, -0.2) is 15.0 Å². The number of nitrogens with zero attached hydrogens (tertiary/aromatic N) is 5. The Bertz CT molecular complexity index is 946. The largest absolute Gasteiger partial charge is 0.468 e. The van der Waals surface area contributed by atoms with Gasteiger partial charge in [0.2, 0.25) is 0 Å². The number of aromatic nitrogens is 4. The molecule has 0 bridgehead atoms. The highest BCUT2D eigenvalue weighted by atomic mass is 32.2. The van der Waals surface area contributed by atoms with Crippen LogP contribution in [0.1, 0.15) is 19.1 Å². The molecule has 13 heteroatoms. The van der Waals surface area contributed by atoms with Crippen molar-refractivity contribution in [2.45, 2.75) is 48.7 Å². The van der Waals surface area contributed by atoms with Crippen LogP contribution in [0.25, 0.3) is 11.2 Å². The molecule has 4 heterocycles. The molecule has 0 aromatic carbocycles. The summed E-state index contributed by atoms with van der Waals surface area (Å²) in [4.78, 5) is 26.6. The molecule has 12 nitrogen and oxygen atoms in total. The summed E-state index contributed by atoms with van der Waals surface area (Å²) in [7, 11) is 1.39. The monoisotopic (exact) mass is 467 g/mol. The van der Waals surface area contributed by atoms with Crippen molar-refractivity contribution in [1.29, 1.82) is 0 Å². The van der Waals surface area contributed by atoms with Crippen molar-refractivity contribution in [2.24, 2.45) is 5.73 Å². The molecule has 2 saturated heterocycles. The number of thioether (sulfide) groups is 1. The summed E-state index contributed by atoms with van der Waals surface area (Å²) in [6.45, 7) is 1.87. The minimum atomic E-state index is -1.15. The summed E-state index contributed by atoms with van der Waals surface area (Å²) in [6.07, 6.45) is 0.653. The maximum Gasteiger partial charge on any atom is 0.323 e. The van der Waals surface area contributed by atoms with Gasteiger partial charge in [0.15, 0.2) is 17.7 Å². The van der Waals surface area contributed by atoms with Crippen LogP contribution in [0.2, 0.25) is 0 Å². The van der Waals surface area contributed by atoms with E-state index in [1.165, 1.54) is 19.8 Å². The molecule has 0 aliphatic carbocycles. The summed E-state index contributed by atoms with van der Waals surface area (Å²) in [6, 6.07) is -0.329. The number of anilines is 1. The van der Waals surface area contributed by atoms with E-state index in [0.717, 1.165) is 13.0 Å². The van der Waals surface area contributed by atoms with Gasteiger partial charge < -0.3 is 31.2 Å². The number of carbonyl (C=O) groups excluding carboxylic acids is 1. The van der Waals surface area contributed by atoms with Crippen molar-refractivity contribution in [3.63, 3.8) is 0 Å². The van der Waals surface area contributed by atoms with Crippen LogP contribution in [-0.2, 0) is 14.3 Å².